The summed E-state index contributed by atoms with van der Waals surface area (Å²) in [5, 5.41) is 43.6. The number of fused-ring (bicyclic) bond motifs is 3. The molecule has 3 unspecified atom stereocenters. The van der Waals surface area contributed by atoms with Crippen LogP contribution in [0.4, 0.5) is 52.4 Å². The van der Waals surface area contributed by atoms with Crippen LogP contribution < -0.4 is 46.1 Å². The van der Waals surface area contributed by atoms with Crippen LogP contribution >= 0.6 is 0 Å². The third-order valence-corrected chi connectivity index (χ3v) is 22.0. The lowest BCUT2D eigenvalue weighted by Gasteiger charge is -2.38. The van der Waals surface area contributed by atoms with Gasteiger partial charge in [-0.2, -0.15) is 0 Å². The van der Waals surface area contributed by atoms with Gasteiger partial charge in [-0.1, -0.05) is 27.7 Å². The first-order chi connectivity index (χ1) is 58.2. The summed E-state index contributed by atoms with van der Waals surface area (Å²) in [6.07, 6.45) is 23.7. The third-order valence-electron chi connectivity index (χ3n) is 22.0. The zero-order chi connectivity index (χ0) is 84.7. The van der Waals surface area contributed by atoms with Crippen LogP contribution in [-0.4, -0.2) is 299 Å². The summed E-state index contributed by atoms with van der Waals surface area (Å²) in [4.78, 5) is 105. The summed E-state index contributed by atoms with van der Waals surface area (Å²) in [6.45, 7) is 28.2. The van der Waals surface area contributed by atoms with Gasteiger partial charge in [-0.25, -0.2) is 44.9 Å². The number of ether oxygens (including phenoxy) is 4. The highest BCUT2D eigenvalue weighted by Crippen LogP contribution is 2.38. The van der Waals surface area contributed by atoms with Crippen LogP contribution in [0.1, 0.15) is 63.6 Å². The number of aryl methyl sites for hydroxylation is 6. The number of aliphatic hydroxyl groups is 1. The molecule has 3 aliphatic rings. The number of nitrogens with one attached hydrogen (secondary N) is 9. The van der Waals surface area contributed by atoms with Gasteiger partial charge >= 0.3 is 0 Å². The molecule has 12 aromatic heterocycles. The number of amides is 3. The molecule has 120 heavy (non-hydrogen) atoms. The van der Waals surface area contributed by atoms with Gasteiger partial charge in [0.15, 0.2) is 17.5 Å². The highest BCUT2D eigenvalue weighted by Gasteiger charge is 2.33. The maximum atomic E-state index is 13.5. The lowest BCUT2D eigenvalue weighted by Crippen LogP contribution is -2.54. The fourth-order valence-corrected chi connectivity index (χ4v) is 15.6. The number of likely N-dealkylation sites (N-methyl/N-ethyl adjacent to an activating group) is 1. The van der Waals surface area contributed by atoms with E-state index in [1.807, 2.05) is 92.6 Å². The fourth-order valence-electron chi connectivity index (χ4n) is 15.6. The van der Waals surface area contributed by atoms with Gasteiger partial charge in [0.2, 0.25) is 35.6 Å². The molecule has 0 radical (unpaired) electrons. The van der Waals surface area contributed by atoms with Gasteiger partial charge in [-0.3, -0.25) is 52.9 Å². The molecule has 10 N–H and O–H groups in total. The van der Waals surface area contributed by atoms with Gasteiger partial charge in [-0.05, 0) is 81.5 Å². The first-order valence-corrected chi connectivity index (χ1v) is 40.6. The standard InChI is InChI=1S/C28H38N10O3.C27H36N10O3.C27H36N10O2/c1-6-22(38-11-9-37(10-12-38)13-14-40-4)26(39)34-25-24-19(7-8-29-25)20(16-30-24)23-18(2)15-31-28(33-23)32-21-17-36(3)35-27(21)41-5;1-5-21(37-10-8-36(9-11-37)12-13-38)25(39)33-24-23-18(6-7-28-24)19(15-29-23)22-17(2)14-30-27(32-22)31-20-16-35(3)34-26(20)40-4;1-6-21(37-12-10-36(7-2)11-13-37)25(38)33-24-23-18(8-9-28-24)19(15-29-23)22-17(3)14-30-27(32-22)31-20-16-35(4)34-26(20)39-5/h7-8,15-17,22,30H,6,9-14H2,1-5H3,(H,29,34,39)(H,31,32,33);6-7,14-16,21,29,38H,5,8-13H2,1-4H3,(H,28,33,39)(H,30,31,32);8-9,14-16,21,29H,6-7,10-13H2,1-5H3,(H,28,33,38)(H,30,31,32). The van der Waals surface area contributed by atoms with Crippen LogP contribution in [-0.2, 0) is 40.3 Å². The highest BCUT2D eigenvalue weighted by molar-refractivity contribution is 6.08. The van der Waals surface area contributed by atoms with Crippen molar-refractivity contribution in [2.45, 2.75) is 85.9 Å². The number of H-pyrrole nitrogens is 3. The zero-order valence-electron chi connectivity index (χ0n) is 70.7. The molecule has 15 heterocycles. The van der Waals surface area contributed by atoms with E-state index in [0.717, 1.165) is 188 Å². The minimum absolute atomic E-state index is 0.0336. The average molecular weight is 1640 g/mol. The van der Waals surface area contributed by atoms with Gasteiger partial charge in [-0.15, -0.1) is 15.3 Å². The van der Waals surface area contributed by atoms with E-state index < -0.39 is 0 Å². The van der Waals surface area contributed by atoms with Crippen molar-refractivity contribution in [2.24, 2.45) is 21.1 Å². The molecular weight excluding hydrogens is 1530 g/mol. The number of carbonyl (C=O) groups excluding carboxylic acids is 3. The number of hydrogen-bond acceptors (Lipinski definition) is 29. The molecule has 3 atom stereocenters. The number of nitrogens with zero attached hydrogens (tertiary/aromatic N) is 21. The van der Waals surface area contributed by atoms with Crippen molar-refractivity contribution in [1.82, 2.24) is 119 Å². The second kappa shape index (κ2) is 39.6. The number of β-amino-alcohol motifs (C(OH)–C–C–N with tert-alkyl or cyclic N) is 1. The van der Waals surface area contributed by atoms with Crippen molar-refractivity contribution in [3.05, 3.63) is 109 Å². The Bertz CT molecular complexity index is 5480. The molecule has 3 saturated heterocycles. The van der Waals surface area contributed by atoms with Crippen molar-refractivity contribution in [3.63, 3.8) is 0 Å². The quantitative estimate of drug-likeness (QED) is 0.0203. The van der Waals surface area contributed by atoms with E-state index in [-0.39, 0.29) is 42.5 Å². The number of piperazine rings is 3. The van der Waals surface area contributed by atoms with Gasteiger partial charge in [0.05, 0.1) is 105 Å². The maximum absolute atomic E-state index is 13.5. The monoisotopic (exact) mass is 1640 g/mol. The topological polar surface area (TPSA) is 417 Å². The van der Waals surface area contributed by atoms with Crippen LogP contribution in [0, 0.1) is 20.8 Å². The Labute approximate surface area is 696 Å². The summed E-state index contributed by atoms with van der Waals surface area (Å²) in [5.41, 5.74) is 11.9. The Balaban J connectivity index is 0.000000156. The Hall–Kier alpha value is -12.2. The van der Waals surface area contributed by atoms with Crippen molar-refractivity contribution in [1.29, 1.82) is 0 Å². The SMILES string of the molecule is CCC(C(=O)Nc1nccc2c(-c3nc(Nc4cn(C)nc4OC)ncc3C)c[nH]c12)N1CCN(CC)CC1.CCC(C(=O)Nc1nccc2c(-c3nc(Nc4cn(C)nc4OC)ncc3C)c[nH]c12)N1CCN(CCO)CC1.CCC(C(=O)Nc1nccc2c(-c3nc(Nc4cn(C)nc4OC)ncc3C)c[nH]c12)N1CCN(CCOC)CC1. The van der Waals surface area contributed by atoms with Crippen molar-refractivity contribution < 1.29 is 38.4 Å². The Kier molecular flexibility index (Phi) is 28.3. The van der Waals surface area contributed by atoms with E-state index in [9.17, 15) is 19.5 Å². The maximum Gasteiger partial charge on any atom is 0.256 e. The smallest absolute Gasteiger partial charge is 0.256 e. The van der Waals surface area contributed by atoms with Crippen LogP contribution in [0.25, 0.3) is 66.5 Å². The number of carbonyl (C=O) groups is 3. The number of anilines is 9. The molecule has 3 fully saturated rings. The minimum atomic E-state index is -0.259. The molecule has 0 bridgehead atoms. The van der Waals surface area contributed by atoms with Gasteiger partial charge in [0, 0.05) is 209 Å². The molecular formula is C82H110N30O8. The molecule has 12 aromatic rings. The predicted molar refractivity (Wildman–Crippen MR) is 461 cm³/mol. The third kappa shape index (κ3) is 19.7. The minimum Gasteiger partial charge on any atom is -0.478 e. The molecule has 0 aromatic carbocycles. The van der Waals surface area contributed by atoms with E-state index >= 15 is 0 Å². The van der Waals surface area contributed by atoms with Crippen LogP contribution in [0.5, 0.6) is 17.6 Å². The van der Waals surface area contributed by atoms with Gasteiger partial charge < -0.3 is 75.8 Å². The van der Waals surface area contributed by atoms with E-state index in [4.69, 9.17) is 33.9 Å². The molecule has 636 valence electrons. The number of rotatable bonds is 30. The fraction of sp³-hybridized carbons (Fsp3) is 0.451. The number of pyridine rings is 3. The highest BCUT2D eigenvalue weighted by atomic mass is 16.5. The number of aromatic nitrogens is 18. The molecule has 38 heteroatoms. The van der Waals surface area contributed by atoms with Crippen molar-refractivity contribution in [3.8, 4) is 51.4 Å². The first kappa shape index (κ1) is 85.7. The Morgan fingerprint density at radius 2 is 0.750 bits per heavy atom. The molecule has 0 aliphatic carbocycles. The van der Waals surface area contributed by atoms with Crippen LogP contribution in [0.15, 0.2) is 92.6 Å². The second-order valence-electron chi connectivity index (χ2n) is 29.8. The van der Waals surface area contributed by atoms with E-state index in [1.165, 1.54) is 0 Å². The number of aromatic amines is 3. The second-order valence-corrected chi connectivity index (χ2v) is 29.8. The molecule has 3 aliphatic heterocycles. The van der Waals surface area contributed by atoms with E-state index in [2.05, 4.69) is 135 Å². The van der Waals surface area contributed by atoms with E-state index in [0.29, 0.717) is 89.4 Å². The van der Waals surface area contributed by atoms with E-state index in [1.54, 1.807) is 98.3 Å². The lowest BCUT2D eigenvalue weighted by molar-refractivity contribution is -0.123. The summed E-state index contributed by atoms with van der Waals surface area (Å²) >= 11 is 0. The molecule has 0 spiro atoms. The van der Waals surface area contributed by atoms with Crippen LogP contribution in [0.2, 0.25) is 0 Å². The lowest BCUT2D eigenvalue weighted by atomic mass is 10.1. The molecule has 0 saturated carbocycles. The molecule has 15 rings (SSSR count). The van der Waals surface area contributed by atoms with Gasteiger partial charge in [0.1, 0.15) is 17.1 Å². The first-order valence-electron chi connectivity index (χ1n) is 40.6. The number of hydrogen-bond donors (Lipinski definition) is 10. The number of methoxy groups -OCH3 is 4. The normalized spacial score (nSPS) is 15.3. The predicted octanol–water partition coefficient (Wildman–Crippen LogP) is 8.10. The Morgan fingerprint density at radius 3 is 1.03 bits per heavy atom. The Morgan fingerprint density at radius 1 is 0.442 bits per heavy atom. The summed E-state index contributed by atoms with van der Waals surface area (Å²) in [5.74, 6) is 3.95. The largest absolute Gasteiger partial charge is 0.478 e. The van der Waals surface area contributed by atoms with Crippen molar-refractivity contribution in [2.75, 3.05) is 172 Å². The van der Waals surface area contributed by atoms with Crippen LogP contribution in [0.3, 0.4) is 0 Å². The molecule has 3 amide bonds. The summed E-state index contributed by atoms with van der Waals surface area (Å²) in [6, 6.07) is 5.08. The van der Waals surface area contributed by atoms with Crippen molar-refractivity contribution >= 4 is 103 Å². The molecule has 38 nitrogen and oxygen atoms in total. The summed E-state index contributed by atoms with van der Waals surface area (Å²) in [7, 11) is 11.9. The zero-order valence-corrected chi connectivity index (χ0v) is 70.7. The summed E-state index contributed by atoms with van der Waals surface area (Å²) < 4.78 is 26.2. The average Bonchev–Trinajstić information content (AvgIpc) is 1.63. The van der Waals surface area contributed by atoms with Gasteiger partial charge in [0.25, 0.3) is 17.6 Å². The number of aliphatic hydroxyl groups excluding tert-OH is 1.